The van der Waals surface area contributed by atoms with Crippen LogP contribution in [0, 0.1) is 12.8 Å². The zero-order valence-electron chi connectivity index (χ0n) is 11.4. The van der Waals surface area contributed by atoms with Gasteiger partial charge in [-0.1, -0.05) is 18.2 Å². The predicted octanol–water partition coefficient (Wildman–Crippen LogP) is 2.67. The molecule has 0 spiro atoms. The fraction of sp³-hybridized carbons (Fsp3) is 0.533. The van der Waals surface area contributed by atoms with Gasteiger partial charge in [0.05, 0.1) is 5.75 Å². The molecular formula is C15H22N2OS. The molecule has 1 saturated heterocycles. The molecule has 4 heteroatoms. The number of anilines is 1. The van der Waals surface area contributed by atoms with Gasteiger partial charge in [0.1, 0.15) is 0 Å². The summed E-state index contributed by atoms with van der Waals surface area (Å²) in [5.41, 5.74) is 2.04. The standard InChI is InChI=1S/C15H22N2OS/c1-12-4-2-3-5-14(12)17-15(18)11-19-10-13-6-8-16-9-7-13/h2-5,13,16H,6-11H2,1H3,(H,17,18). The Balaban J connectivity index is 1.68. The highest BCUT2D eigenvalue weighted by molar-refractivity contribution is 7.99. The average molecular weight is 278 g/mol. The van der Waals surface area contributed by atoms with Gasteiger partial charge in [0.25, 0.3) is 0 Å². The molecule has 0 atom stereocenters. The van der Waals surface area contributed by atoms with Crippen LogP contribution in [0.3, 0.4) is 0 Å². The first-order valence-electron chi connectivity index (χ1n) is 6.89. The summed E-state index contributed by atoms with van der Waals surface area (Å²) in [7, 11) is 0. The summed E-state index contributed by atoms with van der Waals surface area (Å²) in [5, 5.41) is 6.34. The number of hydrogen-bond donors (Lipinski definition) is 2. The lowest BCUT2D eigenvalue weighted by molar-refractivity contribution is -0.113. The molecule has 0 radical (unpaired) electrons. The van der Waals surface area contributed by atoms with Gasteiger partial charge in [0, 0.05) is 5.69 Å². The van der Waals surface area contributed by atoms with Crippen LogP contribution in [-0.4, -0.2) is 30.5 Å². The van der Waals surface area contributed by atoms with Gasteiger partial charge >= 0.3 is 0 Å². The number of para-hydroxylation sites is 1. The van der Waals surface area contributed by atoms with E-state index in [0.29, 0.717) is 5.75 Å². The van der Waals surface area contributed by atoms with Gasteiger partial charge in [-0.25, -0.2) is 0 Å². The van der Waals surface area contributed by atoms with Crippen molar-refractivity contribution in [3.05, 3.63) is 29.8 Å². The number of thioether (sulfide) groups is 1. The van der Waals surface area contributed by atoms with E-state index in [9.17, 15) is 4.79 Å². The fourth-order valence-corrected chi connectivity index (χ4v) is 3.31. The third-order valence-corrected chi connectivity index (χ3v) is 4.64. The minimum atomic E-state index is 0.105. The Bertz CT molecular complexity index is 416. The lowest BCUT2D eigenvalue weighted by Gasteiger charge is -2.21. The molecule has 1 aromatic rings. The maximum atomic E-state index is 11.9. The van der Waals surface area contributed by atoms with Crippen LogP contribution in [0.15, 0.2) is 24.3 Å². The quantitative estimate of drug-likeness (QED) is 0.870. The second-order valence-corrected chi connectivity index (χ2v) is 6.10. The molecule has 0 aliphatic carbocycles. The first-order chi connectivity index (χ1) is 9.25. The molecule has 1 aromatic carbocycles. The Morgan fingerprint density at radius 2 is 2.11 bits per heavy atom. The van der Waals surface area contributed by atoms with Crippen molar-refractivity contribution >= 4 is 23.4 Å². The summed E-state index contributed by atoms with van der Waals surface area (Å²) in [6.07, 6.45) is 2.48. The topological polar surface area (TPSA) is 41.1 Å². The number of carbonyl (C=O) groups excluding carboxylic acids is 1. The van der Waals surface area contributed by atoms with Gasteiger partial charge < -0.3 is 10.6 Å². The van der Waals surface area contributed by atoms with E-state index in [1.54, 1.807) is 11.8 Å². The van der Waals surface area contributed by atoms with Gasteiger partial charge in [-0.2, -0.15) is 11.8 Å². The zero-order valence-corrected chi connectivity index (χ0v) is 12.3. The molecular weight excluding hydrogens is 256 g/mol. The van der Waals surface area contributed by atoms with Gasteiger partial charge in [-0.15, -0.1) is 0 Å². The monoisotopic (exact) mass is 278 g/mol. The van der Waals surface area contributed by atoms with Crippen LogP contribution in [0.25, 0.3) is 0 Å². The second kappa shape index (κ2) is 7.56. The van der Waals surface area contributed by atoms with E-state index in [1.807, 2.05) is 31.2 Å². The van der Waals surface area contributed by atoms with Gasteiger partial charge in [0.15, 0.2) is 0 Å². The van der Waals surface area contributed by atoms with E-state index in [4.69, 9.17) is 0 Å². The Morgan fingerprint density at radius 1 is 1.37 bits per heavy atom. The highest BCUT2D eigenvalue weighted by Gasteiger charge is 2.13. The summed E-state index contributed by atoms with van der Waals surface area (Å²) < 4.78 is 0. The fourth-order valence-electron chi connectivity index (χ4n) is 2.27. The summed E-state index contributed by atoms with van der Waals surface area (Å²) in [5.74, 6) is 2.53. The second-order valence-electron chi connectivity index (χ2n) is 5.07. The van der Waals surface area contributed by atoms with Crippen LogP contribution in [0.5, 0.6) is 0 Å². The van der Waals surface area contributed by atoms with E-state index in [0.717, 1.165) is 36.0 Å². The van der Waals surface area contributed by atoms with Crippen molar-refractivity contribution < 1.29 is 4.79 Å². The highest BCUT2D eigenvalue weighted by Crippen LogP contribution is 2.18. The van der Waals surface area contributed by atoms with E-state index in [-0.39, 0.29) is 5.91 Å². The Kier molecular flexibility index (Phi) is 5.73. The smallest absolute Gasteiger partial charge is 0.234 e. The van der Waals surface area contributed by atoms with Crippen LogP contribution < -0.4 is 10.6 Å². The van der Waals surface area contributed by atoms with Crippen molar-refractivity contribution in [3.8, 4) is 0 Å². The van der Waals surface area contributed by atoms with E-state index in [2.05, 4.69) is 10.6 Å². The molecule has 1 aliphatic rings. The lowest BCUT2D eigenvalue weighted by atomic mass is 10.0. The van der Waals surface area contributed by atoms with Crippen molar-refractivity contribution in [3.63, 3.8) is 0 Å². The third-order valence-electron chi connectivity index (χ3n) is 3.46. The van der Waals surface area contributed by atoms with Crippen LogP contribution in [0.4, 0.5) is 5.69 Å². The van der Waals surface area contributed by atoms with Crippen molar-refractivity contribution in [2.75, 3.05) is 29.9 Å². The van der Waals surface area contributed by atoms with Crippen LogP contribution in [0.1, 0.15) is 18.4 Å². The molecule has 3 nitrogen and oxygen atoms in total. The third kappa shape index (κ3) is 4.88. The van der Waals surface area contributed by atoms with E-state index in [1.165, 1.54) is 12.8 Å². The van der Waals surface area contributed by atoms with Crippen LogP contribution in [-0.2, 0) is 4.79 Å². The number of carbonyl (C=O) groups is 1. The minimum Gasteiger partial charge on any atom is -0.325 e. The SMILES string of the molecule is Cc1ccccc1NC(=O)CSCC1CCNCC1. The number of nitrogens with one attached hydrogen (secondary N) is 2. The molecule has 1 heterocycles. The van der Waals surface area contributed by atoms with Crippen LogP contribution >= 0.6 is 11.8 Å². The molecule has 1 aliphatic heterocycles. The maximum Gasteiger partial charge on any atom is 0.234 e. The minimum absolute atomic E-state index is 0.105. The molecule has 104 valence electrons. The van der Waals surface area contributed by atoms with Crippen molar-refractivity contribution in [1.82, 2.24) is 5.32 Å². The molecule has 1 fully saturated rings. The number of hydrogen-bond acceptors (Lipinski definition) is 3. The van der Waals surface area contributed by atoms with E-state index < -0.39 is 0 Å². The Hall–Kier alpha value is -1.000. The molecule has 0 saturated carbocycles. The highest BCUT2D eigenvalue weighted by atomic mass is 32.2. The molecule has 19 heavy (non-hydrogen) atoms. The number of rotatable bonds is 5. The summed E-state index contributed by atoms with van der Waals surface area (Å²) >= 11 is 1.75. The lowest BCUT2D eigenvalue weighted by Crippen LogP contribution is -2.29. The average Bonchev–Trinajstić information content (AvgIpc) is 2.43. The number of piperidine rings is 1. The summed E-state index contributed by atoms with van der Waals surface area (Å²) in [6.45, 7) is 4.26. The molecule has 2 N–H and O–H groups in total. The molecule has 0 aromatic heterocycles. The molecule has 2 rings (SSSR count). The van der Waals surface area contributed by atoms with Gasteiger partial charge in [-0.05, 0) is 56.2 Å². The van der Waals surface area contributed by atoms with Gasteiger partial charge in [-0.3, -0.25) is 4.79 Å². The van der Waals surface area contributed by atoms with E-state index >= 15 is 0 Å². The largest absolute Gasteiger partial charge is 0.325 e. The van der Waals surface area contributed by atoms with Crippen molar-refractivity contribution in [2.45, 2.75) is 19.8 Å². The number of aryl methyl sites for hydroxylation is 1. The van der Waals surface area contributed by atoms with Crippen molar-refractivity contribution in [1.29, 1.82) is 0 Å². The summed E-state index contributed by atoms with van der Waals surface area (Å²) in [6, 6.07) is 7.89. The molecule has 0 unspecified atom stereocenters. The molecule has 1 amide bonds. The predicted molar refractivity (Wildman–Crippen MR) is 82.7 cm³/mol. The first-order valence-corrected chi connectivity index (χ1v) is 8.05. The number of benzene rings is 1. The molecule has 0 bridgehead atoms. The van der Waals surface area contributed by atoms with Gasteiger partial charge in [0.2, 0.25) is 5.91 Å². The zero-order chi connectivity index (χ0) is 13.5. The van der Waals surface area contributed by atoms with Crippen LogP contribution in [0.2, 0.25) is 0 Å². The Labute approximate surface area is 119 Å². The summed E-state index contributed by atoms with van der Waals surface area (Å²) in [4.78, 5) is 11.9. The first kappa shape index (κ1) is 14.4. The Morgan fingerprint density at radius 3 is 2.84 bits per heavy atom. The number of amides is 1. The normalized spacial score (nSPS) is 16.3. The maximum absolute atomic E-state index is 11.9. The van der Waals surface area contributed by atoms with Crippen molar-refractivity contribution in [2.24, 2.45) is 5.92 Å².